The standard InChI is InChI=1S/C14H14ClF3O5/c1-8(14(16,17)18)22-12(19)5-6-13(20)23-10-4-3-9(15)7-11(10)21-2/h3-4,7-8H,5-6H2,1-2H3. The Hall–Kier alpha value is -1.96. The van der Waals surface area contributed by atoms with Crippen molar-refractivity contribution in [3.8, 4) is 11.5 Å². The molecule has 0 radical (unpaired) electrons. The van der Waals surface area contributed by atoms with Crippen molar-refractivity contribution in [2.45, 2.75) is 32.0 Å². The third-order valence-electron chi connectivity index (χ3n) is 2.65. The molecule has 23 heavy (non-hydrogen) atoms. The van der Waals surface area contributed by atoms with Crippen molar-refractivity contribution in [3.63, 3.8) is 0 Å². The zero-order valence-corrected chi connectivity index (χ0v) is 13.0. The van der Waals surface area contributed by atoms with Gasteiger partial charge in [-0.15, -0.1) is 0 Å². The molecule has 0 bridgehead atoms. The quantitative estimate of drug-likeness (QED) is 0.577. The minimum absolute atomic E-state index is 0.0823. The normalized spacial score (nSPS) is 12.4. The molecule has 1 aromatic rings. The summed E-state index contributed by atoms with van der Waals surface area (Å²) in [7, 11) is 1.35. The van der Waals surface area contributed by atoms with E-state index in [1.54, 1.807) is 0 Å². The second-order valence-corrected chi connectivity index (χ2v) is 4.88. The van der Waals surface area contributed by atoms with E-state index in [0.717, 1.165) is 0 Å². The van der Waals surface area contributed by atoms with Gasteiger partial charge in [-0.3, -0.25) is 9.59 Å². The Kier molecular flexibility index (Phi) is 6.68. The van der Waals surface area contributed by atoms with E-state index in [1.165, 1.54) is 25.3 Å². The lowest BCUT2D eigenvalue weighted by atomic mass is 10.3. The number of carbonyl (C=O) groups excluding carboxylic acids is 2. The van der Waals surface area contributed by atoms with Gasteiger partial charge >= 0.3 is 18.1 Å². The second kappa shape index (κ2) is 8.05. The van der Waals surface area contributed by atoms with Crippen molar-refractivity contribution in [2.24, 2.45) is 0 Å². The molecule has 0 spiro atoms. The number of rotatable bonds is 6. The largest absolute Gasteiger partial charge is 0.493 e. The van der Waals surface area contributed by atoms with Gasteiger partial charge in [0.1, 0.15) is 0 Å². The summed E-state index contributed by atoms with van der Waals surface area (Å²) < 4.78 is 50.7. The number of methoxy groups -OCH3 is 1. The molecule has 0 saturated heterocycles. The molecule has 1 rings (SSSR count). The lowest BCUT2D eigenvalue weighted by Gasteiger charge is -2.16. The van der Waals surface area contributed by atoms with Crippen LogP contribution in [0.15, 0.2) is 18.2 Å². The van der Waals surface area contributed by atoms with Gasteiger partial charge in [0.2, 0.25) is 0 Å². The van der Waals surface area contributed by atoms with Crippen LogP contribution in [0.3, 0.4) is 0 Å². The first kappa shape index (κ1) is 19.1. The molecule has 9 heteroatoms. The predicted molar refractivity (Wildman–Crippen MR) is 74.5 cm³/mol. The zero-order chi connectivity index (χ0) is 17.6. The summed E-state index contributed by atoms with van der Waals surface area (Å²) in [6.45, 7) is 0.703. The van der Waals surface area contributed by atoms with Gasteiger partial charge in [-0.1, -0.05) is 11.6 Å². The fourth-order valence-corrected chi connectivity index (χ4v) is 1.59. The highest BCUT2D eigenvalue weighted by Crippen LogP contribution is 2.30. The number of alkyl halides is 3. The molecule has 0 aliphatic rings. The maximum absolute atomic E-state index is 12.2. The van der Waals surface area contributed by atoms with E-state index in [2.05, 4.69) is 4.74 Å². The minimum atomic E-state index is -4.65. The van der Waals surface area contributed by atoms with Crippen LogP contribution in [0.2, 0.25) is 5.02 Å². The molecule has 0 aliphatic carbocycles. The average Bonchev–Trinajstić information content (AvgIpc) is 2.46. The smallest absolute Gasteiger partial charge is 0.425 e. The third-order valence-corrected chi connectivity index (χ3v) is 2.89. The Morgan fingerprint density at radius 3 is 2.35 bits per heavy atom. The van der Waals surface area contributed by atoms with E-state index in [1.807, 2.05) is 0 Å². The van der Waals surface area contributed by atoms with Gasteiger partial charge in [0.05, 0.1) is 20.0 Å². The van der Waals surface area contributed by atoms with E-state index in [0.29, 0.717) is 11.9 Å². The molecule has 128 valence electrons. The summed E-state index contributed by atoms with van der Waals surface area (Å²) in [5.41, 5.74) is 0. The average molecular weight is 355 g/mol. The molecule has 0 aliphatic heterocycles. The molecule has 0 fully saturated rings. The van der Waals surface area contributed by atoms with Crippen LogP contribution in [0.5, 0.6) is 11.5 Å². The lowest BCUT2D eigenvalue weighted by Crippen LogP contribution is -2.31. The Morgan fingerprint density at radius 1 is 1.17 bits per heavy atom. The molecular weight excluding hydrogens is 341 g/mol. The van der Waals surface area contributed by atoms with Gasteiger partial charge in [-0.2, -0.15) is 13.2 Å². The molecule has 0 saturated carbocycles. The maximum Gasteiger partial charge on any atom is 0.425 e. The van der Waals surface area contributed by atoms with Crippen LogP contribution in [0.25, 0.3) is 0 Å². The fourth-order valence-electron chi connectivity index (χ4n) is 1.43. The van der Waals surface area contributed by atoms with Crippen molar-refractivity contribution in [1.82, 2.24) is 0 Å². The van der Waals surface area contributed by atoms with E-state index in [4.69, 9.17) is 21.1 Å². The first-order chi connectivity index (χ1) is 10.6. The number of esters is 2. The predicted octanol–water partition coefficient (Wildman–Crippen LogP) is 3.53. The summed E-state index contributed by atoms with van der Waals surface area (Å²) in [6, 6.07) is 4.28. The van der Waals surface area contributed by atoms with Gasteiger partial charge in [0.25, 0.3) is 0 Å². The van der Waals surface area contributed by atoms with Gasteiger partial charge in [0.15, 0.2) is 17.6 Å². The van der Waals surface area contributed by atoms with E-state index in [-0.39, 0.29) is 11.5 Å². The van der Waals surface area contributed by atoms with Crippen LogP contribution < -0.4 is 9.47 Å². The maximum atomic E-state index is 12.2. The number of benzene rings is 1. The third kappa shape index (κ3) is 6.35. The zero-order valence-electron chi connectivity index (χ0n) is 12.3. The van der Waals surface area contributed by atoms with E-state index in [9.17, 15) is 22.8 Å². The monoisotopic (exact) mass is 354 g/mol. The first-order valence-corrected chi connectivity index (χ1v) is 6.81. The first-order valence-electron chi connectivity index (χ1n) is 6.44. The SMILES string of the molecule is COc1cc(Cl)ccc1OC(=O)CCC(=O)OC(C)C(F)(F)F. The molecule has 0 heterocycles. The summed E-state index contributed by atoms with van der Waals surface area (Å²) in [5.74, 6) is -1.67. The molecule has 0 amide bonds. The Labute approximate surface area is 135 Å². The highest BCUT2D eigenvalue weighted by molar-refractivity contribution is 6.30. The van der Waals surface area contributed by atoms with Crippen LogP contribution >= 0.6 is 11.6 Å². The van der Waals surface area contributed by atoms with Gasteiger partial charge in [0, 0.05) is 11.1 Å². The van der Waals surface area contributed by atoms with Crippen molar-refractivity contribution < 1.29 is 37.0 Å². The number of ether oxygens (including phenoxy) is 3. The Morgan fingerprint density at radius 2 is 1.78 bits per heavy atom. The van der Waals surface area contributed by atoms with Crippen molar-refractivity contribution >= 4 is 23.5 Å². The molecule has 1 atom stereocenters. The van der Waals surface area contributed by atoms with Gasteiger partial charge in [-0.25, -0.2) is 0 Å². The molecule has 1 aromatic carbocycles. The summed E-state index contributed by atoms with van der Waals surface area (Å²) in [6.07, 6.45) is -7.85. The highest BCUT2D eigenvalue weighted by Gasteiger charge is 2.39. The fraction of sp³-hybridized carbons (Fsp3) is 0.429. The van der Waals surface area contributed by atoms with Crippen LogP contribution in [-0.4, -0.2) is 31.3 Å². The number of carbonyl (C=O) groups is 2. The van der Waals surface area contributed by atoms with E-state index >= 15 is 0 Å². The van der Waals surface area contributed by atoms with Crippen LogP contribution in [0.4, 0.5) is 13.2 Å². The number of halogens is 4. The molecule has 1 unspecified atom stereocenters. The van der Waals surface area contributed by atoms with Crippen molar-refractivity contribution in [3.05, 3.63) is 23.2 Å². The van der Waals surface area contributed by atoms with Crippen LogP contribution in [-0.2, 0) is 14.3 Å². The van der Waals surface area contributed by atoms with Gasteiger partial charge in [-0.05, 0) is 19.1 Å². The van der Waals surface area contributed by atoms with Crippen molar-refractivity contribution in [1.29, 1.82) is 0 Å². The second-order valence-electron chi connectivity index (χ2n) is 4.44. The molecule has 5 nitrogen and oxygen atoms in total. The topological polar surface area (TPSA) is 61.8 Å². The van der Waals surface area contributed by atoms with Crippen LogP contribution in [0, 0.1) is 0 Å². The molecule has 0 aromatic heterocycles. The van der Waals surface area contributed by atoms with Gasteiger partial charge < -0.3 is 14.2 Å². The highest BCUT2D eigenvalue weighted by atomic mass is 35.5. The summed E-state index contributed by atoms with van der Waals surface area (Å²) in [4.78, 5) is 22.9. The number of hydrogen-bond acceptors (Lipinski definition) is 5. The van der Waals surface area contributed by atoms with E-state index < -0.39 is 37.1 Å². The Balaban J connectivity index is 2.50. The molecule has 0 N–H and O–H groups in total. The summed E-state index contributed by atoms with van der Waals surface area (Å²) in [5, 5.41) is 0.367. The van der Waals surface area contributed by atoms with Crippen LogP contribution in [0.1, 0.15) is 19.8 Å². The molecular formula is C14H14ClF3O5. The Bertz CT molecular complexity index is 574. The number of hydrogen-bond donors (Lipinski definition) is 0. The lowest BCUT2D eigenvalue weighted by molar-refractivity contribution is -0.216. The minimum Gasteiger partial charge on any atom is -0.493 e. The summed E-state index contributed by atoms with van der Waals surface area (Å²) >= 11 is 5.75. The van der Waals surface area contributed by atoms with Crippen molar-refractivity contribution in [2.75, 3.05) is 7.11 Å².